The molecule has 0 saturated heterocycles. The minimum absolute atomic E-state index is 0.0740. The van der Waals surface area contributed by atoms with Gasteiger partial charge in [0.15, 0.2) is 0 Å². The van der Waals surface area contributed by atoms with Crippen LogP contribution in [0.1, 0.15) is 19.0 Å². The first-order valence-corrected chi connectivity index (χ1v) is 8.12. The van der Waals surface area contributed by atoms with Gasteiger partial charge < -0.3 is 10.3 Å². The molecular weight excluding hydrogens is 293 g/mol. The van der Waals surface area contributed by atoms with E-state index in [4.69, 9.17) is 5.73 Å². The quantitative estimate of drug-likeness (QED) is 0.859. The van der Waals surface area contributed by atoms with Gasteiger partial charge in [0.25, 0.3) is 10.0 Å². The molecule has 0 amide bonds. The molecule has 0 unspecified atom stereocenters. The Hall–Kier alpha value is -1.86. The normalized spacial score (nSPS) is 11.6. The van der Waals surface area contributed by atoms with Crippen molar-refractivity contribution >= 4 is 15.7 Å². The summed E-state index contributed by atoms with van der Waals surface area (Å²) in [5.41, 5.74) is 6.27. The van der Waals surface area contributed by atoms with Crippen LogP contribution < -0.4 is 10.5 Å². The molecule has 2 aromatic rings. The van der Waals surface area contributed by atoms with Gasteiger partial charge in [-0.2, -0.15) is 0 Å². The van der Waals surface area contributed by atoms with E-state index in [1.807, 2.05) is 6.92 Å². The SMILES string of the molecule is CCCn1cc(S(=O)(=O)Nc2ccccc2F)cc1CN. The molecule has 7 heteroatoms. The summed E-state index contributed by atoms with van der Waals surface area (Å²) in [6.07, 6.45) is 2.39. The lowest BCUT2D eigenvalue weighted by Gasteiger charge is -2.07. The fourth-order valence-corrected chi connectivity index (χ4v) is 3.17. The van der Waals surface area contributed by atoms with Crippen molar-refractivity contribution in [3.63, 3.8) is 0 Å². The fourth-order valence-electron chi connectivity index (χ4n) is 2.04. The van der Waals surface area contributed by atoms with Crippen LogP contribution in [0.5, 0.6) is 0 Å². The number of para-hydroxylation sites is 1. The highest BCUT2D eigenvalue weighted by Crippen LogP contribution is 2.20. The van der Waals surface area contributed by atoms with Crippen molar-refractivity contribution in [1.29, 1.82) is 0 Å². The summed E-state index contributed by atoms with van der Waals surface area (Å²) in [5.74, 6) is -0.617. The van der Waals surface area contributed by atoms with Crippen LogP contribution in [0.2, 0.25) is 0 Å². The van der Waals surface area contributed by atoms with Gasteiger partial charge in [-0.1, -0.05) is 19.1 Å². The van der Waals surface area contributed by atoms with E-state index in [0.29, 0.717) is 6.54 Å². The van der Waals surface area contributed by atoms with Crippen molar-refractivity contribution in [3.8, 4) is 0 Å². The van der Waals surface area contributed by atoms with Crippen LogP contribution in [0.4, 0.5) is 10.1 Å². The van der Waals surface area contributed by atoms with Gasteiger partial charge in [-0.15, -0.1) is 0 Å². The Bertz CT molecular complexity index is 726. The van der Waals surface area contributed by atoms with Crippen LogP contribution in [0.15, 0.2) is 41.4 Å². The maximum absolute atomic E-state index is 13.6. The molecule has 2 rings (SSSR count). The molecule has 0 aliphatic carbocycles. The lowest BCUT2D eigenvalue weighted by molar-refractivity contribution is 0.597. The van der Waals surface area contributed by atoms with Crippen LogP contribution in [0.25, 0.3) is 0 Å². The summed E-state index contributed by atoms with van der Waals surface area (Å²) in [6.45, 7) is 2.92. The number of aromatic nitrogens is 1. The van der Waals surface area contributed by atoms with E-state index in [9.17, 15) is 12.8 Å². The van der Waals surface area contributed by atoms with Crippen molar-refractivity contribution in [2.75, 3.05) is 4.72 Å². The van der Waals surface area contributed by atoms with E-state index >= 15 is 0 Å². The average Bonchev–Trinajstić information content (AvgIpc) is 2.86. The predicted octanol–water partition coefficient (Wildman–Crippen LogP) is 2.30. The van der Waals surface area contributed by atoms with E-state index in [2.05, 4.69) is 4.72 Å². The third-order valence-electron chi connectivity index (χ3n) is 3.06. The van der Waals surface area contributed by atoms with Gasteiger partial charge in [-0.25, -0.2) is 12.8 Å². The molecule has 1 aromatic carbocycles. The second-order valence-corrected chi connectivity index (χ2v) is 6.33. The van der Waals surface area contributed by atoms with Gasteiger partial charge in [0.05, 0.1) is 5.69 Å². The highest BCUT2D eigenvalue weighted by Gasteiger charge is 2.19. The van der Waals surface area contributed by atoms with Crippen LogP contribution >= 0.6 is 0 Å². The van der Waals surface area contributed by atoms with Crippen LogP contribution in [-0.2, 0) is 23.1 Å². The number of anilines is 1. The predicted molar refractivity (Wildman–Crippen MR) is 79.8 cm³/mol. The summed E-state index contributed by atoms with van der Waals surface area (Å²) in [6, 6.07) is 7.15. The second kappa shape index (κ2) is 6.28. The minimum atomic E-state index is -3.83. The Kier molecular flexibility index (Phi) is 4.64. The monoisotopic (exact) mass is 311 g/mol. The number of nitrogens with zero attached hydrogens (tertiary/aromatic N) is 1. The summed E-state index contributed by atoms with van der Waals surface area (Å²) in [4.78, 5) is 0.0830. The first-order chi connectivity index (χ1) is 9.97. The summed E-state index contributed by atoms with van der Waals surface area (Å²) in [7, 11) is -3.83. The lowest BCUT2D eigenvalue weighted by Crippen LogP contribution is -2.13. The van der Waals surface area contributed by atoms with Gasteiger partial charge in [-0.3, -0.25) is 4.72 Å². The van der Waals surface area contributed by atoms with Gasteiger partial charge in [-0.05, 0) is 24.6 Å². The standard InChI is InChI=1S/C14H18FN3O2S/c1-2-7-18-10-12(8-11(18)9-16)21(19,20)17-14-6-4-3-5-13(14)15/h3-6,8,10,17H,2,7,9,16H2,1H3. The molecule has 0 bridgehead atoms. The lowest BCUT2D eigenvalue weighted by atomic mass is 10.3. The Balaban J connectivity index is 2.34. The van der Waals surface area contributed by atoms with E-state index < -0.39 is 15.8 Å². The molecule has 1 heterocycles. The number of nitrogens with two attached hydrogens (primary N) is 1. The summed E-state index contributed by atoms with van der Waals surface area (Å²) >= 11 is 0. The molecule has 0 atom stereocenters. The van der Waals surface area contributed by atoms with Crippen molar-refractivity contribution in [3.05, 3.63) is 48.0 Å². The maximum atomic E-state index is 13.6. The zero-order valence-electron chi connectivity index (χ0n) is 11.7. The average molecular weight is 311 g/mol. The first-order valence-electron chi connectivity index (χ1n) is 6.64. The van der Waals surface area contributed by atoms with E-state index in [1.165, 1.54) is 30.5 Å². The fraction of sp³-hybridized carbons (Fsp3) is 0.286. The molecule has 114 valence electrons. The third-order valence-corrected chi connectivity index (χ3v) is 4.40. The molecule has 21 heavy (non-hydrogen) atoms. The largest absolute Gasteiger partial charge is 0.349 e. The Labute approximate surface area is 123 Å². The zero-order chi connectivity index (χ0) is 15.5. The molecule has 0 aliphatic rings. The van der Waals surface area contributed by atoms with Crippen molar-refractivity contribution in [2.45, 2.75) is 31.3 Å². The molecule has 5 nitrogen and oxygen atoms in total. The molecule has 0 fully saturated rings. The van der Waals surface area contributed by atoms with Crippen LogP contribution in [0, 0.1) is 5.82 Å². The molecule has 0 aliphatic heterocycles. The van der Waals surface area contributed by atoms with Crippen molar-refractivity contribution < 1.29 is 12.8 Å². The van der Waals surface area contributed by atoms with Gasteiger partial charge in [0.1, 0.15) is 10.7 Å². The molecule has 0 saturated carbocycles. The third kappa shape index (κ3) is 3.43. The maximum Gasteiger partial charge on any atom is 0.263 e. The first kappa shape index (κ1) is 15.5. The van der Waals surface area contributed by atoms with Crippen molar-refractivity contribution in [1.82, 2.24) is 4.57 Å². The second-order valence-electron chi connectivity index (χ2n) is 4.65. The van der Waals surface area contributed by atoms with E-state index in [1.54, 1.807) is 10.6 Å². The van der Waals surface area contributed by atoms with Gasteiger partial charge in [0.2, 0.25) is 0 Å². The number of hydrogen-bond acceptors (Lipinski definition) is 3. The van der Waals surface area contributed by atoms with Crippen LogP contribution in [0.3, 0.4) is 0 Å². The van der Waals surface area contributed by atoms with Crippen LogP contribution in [-0.4, -0.2) is 13.0 Å². The number of rotatable bonds is 6. The smallest absolute Gasteiger partial charge is 0.263 e. The topological polar surface area (TPSA) is 77.1 Å². The highest BCUT2D eigenvalue weighted by molar-refractivity contribution is 7.92. The highest BCUT2D eigenvalue weighted by atomic mass is 32.2. The van der Waals surface area contributed by atoms with Crippen molar-refractivity contribution in [2.24, 2.45) is 5.73 Å². The number of hydrogen-bond donors (Lipinski definition) is 2. The molecule has 0 radical (unpaired) electrons. The zero-order valence-corrected chi connectivity index (χ0v) is 12.5. The molecular formula is C14H18FN3O2S. The number of aryl methyl sites for hydroxylation is 1. The molecule has 1 aromatic heterocycles. The Morgan fingerprint density at radius 2 is 2.05 bits per heavy atom. The number of benzene rings is 1. The van der Waals surface area contributed by atoms with Gasteiger partial charge in [0, 0.05) is 25.0 Å². The number of nitrogens with one attached hydrogen (secondary N) is 1. The summed E-state index contributed by atoms with van der Waals surface area (Å²) in [5, 5.41) is 0. The van der Waals surface area contributed by atoms with E-state index in [0.717, 1.165) is 12.1 Å². The summed E-state index contributed by atoms with van der Waals surface area (Å²) < 4.78 is 42.2. The van der Waals surface area contributed by atoms with E-state index in [-0.39, 0.29) is 17.1 Å². The Morgan fingerprint density at radius 3 is 2.67 bits per heavy atom. The Morgan fingerprint density at radius 1 is 1.33 bits per heavy atom. The minimum Gasteiger partial charge on any atom is -0.349 e. The molecule has 0 spiro atoms. The number of sulfonamides is 1. The number of halogens is 1. The molecule has 3 N–H and O–H groups in total. The van der Waals surface area contributed by atoms with Gasteiger partial charge >= 0.3 is 0 Å².